The molecular weight excluding hydrogens is 318 g/mol. The third-order valence-corrected chi connectivity index (χ3v) is 4.92. The zero-order valence-electron chi connectivity index (χ0n) is 13.5. The number of benzene rings is 1. The molecule has 0 radical (unpaired) electrons. The van der Waals surface area contributed by atoms with Crippen molar-refractivity contribution in [3.8, 4) is 5.13 Å². The maximum Gasteiger partial charge on any atom is 0.210 e. The fourth-order valence-electron chi connectivity index (χ4n) is 2.90. The molecule has 0 aliphatic heterocycles. The van der Waals surface area contributed by atoms with Crippen LogP contribution in [0.4, 0.5) is 5.69 Å². The van der Waals surface area contributed by atoms with E-state index in [1.165, 1.54) is 21.5 Å². The summed E-state index contributed by atoms with van der Waals surface area (Å²) in [5.41, 5.74) is 3.41. The van der Waals surface area contributed by atoms with E-state index in [2.05, 4.69) is 52.1 Å². The molecule has 0 spiro atoms. The molecule has 4 rings (SSSR count). The van der Waals surface area contributed by atoms with Crippen LogP contribution in [0.25, 0.3) is 16.0 Å². The Morgan fingerprint density at radius 2 is 2.00 bits per heavy atom. The van der Waals surface area contributed by atoms with E-state index in [0.29, 0.717) is 0 Å². The number of aryl methyl sites for hydroxylation is 1. The summed E-state index contributed by atoms with van der Waals surface area (Å²) in [6.45, 7) is 2.90. The van der Waals surface area contributed by atoms with Crippen LogP contribution in [0, 0.1) is 6.92 Å². The van der Waals surface area contributed by atoms with Crippen molar-refractivity contribution in [2.75, 3.05) is 11.9 Å². The van der Waals surface area contributed by atoms with Gasteiger partial charge in [-0.05, 0) is 24.6 Å². The number of para-hydroxylation sites is 1. The SMILES string of the molecule is Cc1cnc2ccccc2c1N(C)Cc1cnc(-n2cccn2)s1. The Morgan fingerprint density at radius 3 is 2.83 bits per heavy atom. The molecule has 1 aromatic carbocycles. The molecule has 0 saturated heterocycles. The second-order valence-electron chi connectivity index (χ2n) is 5.72. The van der Waals surface area contributed by atoms with Crippen LogP contribution in [0.5, 0.6) is 0 Å². The Morgan fingerprint density at radius 1 is 1.12 bits per heavy atom. The van der Waals surface area contributed by atoms with Gasteiger partial charge in [-0.25, -0.2) is 9.67 Å². The van der Waals surface area contributed by atoms with Crippen LogP contribution >= 0.6 is 11.3 Å². The molecule has 4 aromatic rings. The summed E-state index contributed by atoms with van der Waals surface area (Å²) < 4.78 is 1.79. The maximum atomic E-state index is 4.52. The summed E-state index contributed by atoms with van der Waals surface area (Å²) in [7, 11) is 2.11. The second kappa shape index (κ2) is 6.05. The molecule has 0 aliphatic rings. The van der Waals surface area contributed by atoms with Crippen molar-refractivity contribution in [3.05, 3.63) is 65.6 Å². The van der Waals surface area contributed by atoms with E-state index in [-0.39, 0.29) is 0 Å². The van der Waals surface area contributed by atoms with E-state index in [4.69, 9.17) is 0 Å². The summed E-state index contributed by atoms with van der Waals surface area (Å²) in [6.07, 6.45) is 7.54. The Kier molecular flexibility index (Phi) is 3.74. The Balaban J connectivity index is 1.65. The fraction of sp³-hybridized carbons (Fsp3) is 0.167. The summed E-state index contributed by atoms with van der Waals surface area (Å²) in [6, 6.07) is 10.2. The van der Waals surface area contributed by atoms with Gasteiger partial charge in [0.25, 0.3) is 0 Å². The average Bonchev–Trinajstić information content (AvgIpc) is 3.25. The van der Waals surface area contributed by atoms with Gasteiger partial charge in [0.05, 0.1) is 17.7 Å². The number of rotatable bonds is 4. The highest BCUT2D eigenvalue weighted by Crippen LogP contribution is 2.30. The highest BCUT2D eigenvalue weighted by molar-refractivity contribution is 7.14. The van der Waals surface area contributed by atoms with Gasteiger partial charge in [0.1, 0.15) is 0 Å². The van der Waals surface area contributed by atoms with Crippen LogP contribution in [0.1, 0.15) is 10.4 Å². The van der Waals surface area contributed by atoms with Crippen LogP contribution in [0.3, 0.4) is 0 Å². The number of anilines is 1. The highest BCUT2D eigenvalue weighted by atomic mass is 32.1. The molecule has 0 bridgehead atoms. The third kappa shape index (κ3) is 2.65. The number of thiazole rings is 1. The molecule has 120 valence electrons. The minimum Gasteiger partial charge on any atom is -0.369 e. The summed E-state index contributed by atoms with van der Waals surface area (Å²) in [4.78, 5) is 12.5. The van der Waals surface area contributed by atoms with Gasteiger partial charge < -0.3 is 4.90 Å². The van der Waals surface area contributed by atoms with Gasteiger partial charge in [0, 0.05) is 42.1 Å². The number of hydrogen-bond donors (Lipinski definition) is 0. The van der Waals surface area contributed by atoms with Crippen LogP contribution in [-0.4, -0.2) is 26.8 Å². The molecule has 0 atom stereocenters. The molecular formula is C18H17N5S. The lowest BCUT2D eigenvalue weighted by molar-refractivity contribution is 0.869. The van der Waals surface area contributed by atoms with Gasteiger partial charge in [-0.2, -0.15) is 5.10 Å². The predicted octanol–water partition coefficient (Wildman–Crippen LogP) is 3.82. The Bertz CT molecular complexity index is 974. The molecule has 6 heteroatoms. The fourth-order valence-corrected chi connectivity index (χ4v) is 3.81. The first-order chi connectivity index (χ1) is 11.7. The summed E-state index contributed by atoms with van der Waals surface area (Å²) in [5.74, 6) is 0. The molecule has 3 heterocycles. The van der Waals surface area contributed by atoms with E-state index >= 15 is 0 Å². The van der Waals surface area contributed by atoms with Crippen LogP contribution < -0.4 is 4.90 Å². The standard InChI is InChI=1S/C18H17N5S/c1-13-10-19-16-7-4-3-6-15(16)17(13)22(2)12-14-11-20-18(24-14)23-9-5-8-21-23/h3-11H,12H2,1-2H3. The van der Waals surface area contributed by atoms with E-state index in [0.717, 1.165) is 17.2 Å². The van der Waals surface area contributed by atoms with E-state index in [1.54, 1.807) is 22.2 Å². The summed E-state index contributed by atoms with van der Waals surface area (Å²) >= 11 is 1.66. The van der Waals surface area contributed by atoms with Crippen LogP contribution in [0.15, 0.2) is 55.1 Å². The molecule has 3 aromatic heterocycles. The van der Waals surface area contributed by atoms with Gasteiger partial charge in [0.15, 0.2) is 0 Å². The number of pyridine rings is 1. The maximum absolute atomic E-state index is 4.52. The minimum atomic E-state index is 0.799. The van der Waals surface area contributed by atoms with Gasteiger partial charge in [-0.3, -0.25) is 4.98 Å². The Hall–Kier alpha value is -2.73. The van der Waals surface area contributed by atoms with Gasteiger partial charge in [0.2, 0.25) is 5.13 Å². The van der Waals surface area contributed by atoms with Crippen molar-refractivity contribution < 1.29 is 0 Å². The van der Waals surface area contributed by atoms with Gasteiger partial charge >= 0.3 is 0 Å². The second-order valence-corrected chi connectivity index (χ2v) is 6.82. The molecule has 0 N–H and O–H groups in total. The lowest BCUT2D eigenvalue weighted by Crippen LogP contribution is -2.17. The molecule has 0 aliphatic carbocycles. The third-order valence-electron chi connectivity index (χ3n) is 3.95. The van der Waals surface area contributed by atoms with Crippen molar-refractivity contribution in [3.63, 3.8) is 0 Å². The monoisotopic (exact) mass is 335 g/mol. The molecule has 0 unspecified atom stereocenters. The van der Waals surface area contributed by atoms with E-state index in [9.17, 15) is 0 Å². The normalized spacial score (nSPS) is 11.1. The molecule has 0 saturated carbocycles. The van der Waals surface area contributed by atoms with Gasteiger partial charge in [-0.15, -0.1) is 0 Å². The average molecular weight is 335 g/mol. The highest BCUT2D eigenvalue weighted by Gasteiger charge is 2.13. The lowest BCUT2D eigenvalue weighted by atomic mass is 10.1. The van der Waals surface area contributed by atoms with Crippen molar-refractivity contribution in [2.24, 2.45) is 0 Å². The first-order valence-electron chi connectivity index (χ1n) is 7.72. The predicted molar refractivity (Wildman–Crippen MR) is 97.8 cm³/mol. The van der Waals surface area contributed by atoms with Gasteiger partial charge in [-0.1, -0.05) is 29.5 Å². The first-order valence-corrected chi connectivity index (χ1v) is 8.54. The first kappa shape index (κ1) is 14.8. The van der Waals surface area contributed by atoms with Crippen molar-refractivity contribution in [1.82, 2.24) is 19.7 Å². The lowest BCUT2D eigenvalue weighted by Gasteiger charge is -2.22. The quantitative estimate of drug-likeness (QED) is 0.569. The Labute approximate surface area is 144 Å². The topological polar surface area (TPSA) is 46.8 Å². The van der Waals surface area contributed by atoms with Crippen molar-refractivity contribution in [1.29, 1.82) is 0 Å². The zero-order chi connectivity index (χ0) is 16.5. The molecule has 5 nitrogen and oxygen atoms in total. The smallest absolute Gasteiger partial charge is 0.210 e. The number of aromatic nitrogens is 4. The van der Waals surface area contributed by atoms with E-state index < -0.39 is 0 Å². The van der Waals surface area contributed by atoms with Crippen molar-refractivity contribution >= 4 is 27.9 Å². The van der Waals surface area contributed by atoms with E-state index in [1.807, 2.05) is 30.7 Å². The number of nitrogens with zero attached hydrogens (tertiary/aromatic N) is 5. The van der Waals surface area contributed by atoms with Crippen LogP contribution in [-0.2, 0) is 6.54 Å². The van der Waals surface area contributed by atoms with Crippen LogP contribution in [0.2, 0.25) is 0 Å². The zero-order valence-corrected chi connectivity index (χ0v) is 14.4. The molecule has 0 amide bonds. The molecule has 0 fully saturated rings. The number of hydrogen-bond acceptors (Lipinski definition) is 5. The summed E-state index contributed by atoms with van der Waals surface area (Å²) in [5, 5.41) is 6.30. The number of fused-ring (bicyclic) bond motifs is 1. The largest absolute Gasteiger partial charge is 0.369 e. The van der Waals surface area contributed by atoms with Crippen molar-refractivity contribution in [2.45, 2.75) is 13.5 Å². The molecule has 24 heavy (non-hydrogen) atoms. The minimum absolute atomic E-state index is 0.799.